The summed E-state index contributed by atoms with van der Waals surface area (Å²) in [6, 6.07) is 11.7. The minimum absolute atomic E-state index is 0.0208. The fourth-order valence-corrected chi connectivity index (χ4v) is 3.55. The zero-order valence-electron chi connectivity index (χ0n) is 15.2. The summed E-state index contributed by atoms with van der Waals surface area (Å²) in [4.78, 5) is 14.7. The third kappa shape index (κ3) is 3.36. The third-order valence-corrected chi connectivity index (χ3v) is 4.93. The van der Waals surface area contributed by atoms with Crippen molar-refractivity contribution in [1.82, 2.24) is 0 Å². The largest absolute Gasteiger partial charge is 0.490 e. The molecule has 4 nitrogen and oxygen atoms in total. The van der Waals surface area contributed by atoms with E-state index in [4.69, 9.17) is 9.47 Å². The lowest BCUT2D eigenvalue weighted by atomic mass is 10.0. The van der Waals surface area contributed by atoms with E-state index in [-0.39, 0.29) is 5.91 Å². The Morgan fingerprint density at radius 1 is 1.04 bits per heavy atom. The first-order valence-corrected chi connectivity index (χ1v) is 9.62. The maximum Gasteiger partial charge on any atom is 0.258 e. The van der Waals surface area contributed by atoms with Gasteiger partial charge < -0.3 is 14.4 Å². The number of hydrogen-bond donors (Lipinski definition) is 0. The van der Waals surface area contributed by atoms with Crippen LogP contribution in [0.1, 0.15) is 31.9 Å². The highest BCUT2D eigenvalue weighted by Gasteiger charge is 2.31. The molecule has 0 atom stereocenters. The zero-order valence-corrected chi connectivity index (χ0v) is 16.8. The molecule has 0 bridgehead atoms. The van der Waals surface area contributed by atoms with Crippen molar-refractivity contribution >= 4 is 39.2 Å². The summed E-state index contributed by atoms with van der Waals surface area (Å²) in [7, 11) is 0. The Kier molecular flexibility index (Phi) is 5.67. The van der Waals surface area contributed by atoms with Crippen LogP contribution in [0.15, 0.2) is 40.9 Å². The van der Waals surface area contributed by atoms with Gasteiger partial charge in [0.2, 0.25) is 0 Å². The van der Waals surface area contributed by atoms with Gasteiger partial charge >= 0.3 is 0 Å². The highest BCUT2D eigenvalue weighted by Crippen LogP contribution is 2.40. The van der Waals surface area contributed by atoms with Crippen LogP contribution in [-0.2, 0) is 4.79 Å². The summed E-state index contributed by atoms with van der Waals surface area (Å²) >= 11 is 3.60. The average Bonchev–Trinajstić information content (AvgIpc) is 2.90. The summed E-state index contributed by atoms with van der Waals surface area (Å²) in [5, 5.41) is 0. The molecule has 2 aromatic rings. The molecule has 0 spiro atoms. The SMILES string of the molecule is CCOc1cc(Br)c(/C=C2\C(=O)N(CC)c3ccccc32)cc1OCC. The van der Waals surface area contributed by atoms with Crippen LogP contribution in [0.4, 0.5) is 5.69 Å². The van der Waals surface area contributed by atoms with Gasteiger partial charge in [0.1, 0.15) is 0 Å². The highest BCUT2D eigenvalue weighted by atomic mass is 79.9. The molecule has 136 valence electrons. The summed E-state index contributed by atoms with van der Waals surface area (Å²) in [5.74, 6) is 1.39. The molecule has 0 unspecified atom stereocenters. The van der Waals surface area contributed by atoms with Gasteiger partial charge in [0.05, 0.1) is 18.9 Å². The number of benzene rings is 2. The molecule has 0 aliphatic carbocycles. The number of amides is 1. The van der Waals surface area contributed by atoms with E-state index in [2.05, 4.69) is 15.9 Å². The van der Waals surface area contributed by atoms with Crippen molar-refractivity contribution in [3.05, 3.63) is 52.0 Å². The molecule has 1 aliphatic heterocycles. The van der Waals surface area contributed by atoms with Gasteiger partial charge in [0.15, 0.2) is 11.5 Å². The van der Waals surface area contributed by atoms with Crippen LogP contribution in [0.2, 0.25) is 0 Å². The third-order valence-electron chi connectivity index (χ3n) is 4.24. The molecule has 3 rings (SSSR count). The summed E-state index contributed by atoms with van der Waals surface area (Å²) in [6.07, 6.45) is 1.92. The number of likely N-dealkylation sites (N-methyl/N-ethyl adjacent to an activating group) is 1. The summed E-state index contributed by atoms with van der Waals surface area (Å²) < 4.78 is 12.2. The highest BCUT2D eigenvalue weighted by molar-refractivity contribution is 9.10. The standard InChI is InChI=1S/C21H22BrNO3/c1-4-23-18-10-8-7-9-15(18)16(21(23)24)11-14-12-19(25-5-2)20(26-6-3)13-17(14)22/h7-13H,4-6H2,1-3H3/b16-11-. The maximum absolute atomic E-state index is 12.9. The van der Waals surface area contributed by atoms with Gasteiger partial charge in [0, 0.05) is 22.2 Å². The quantitative estimate of drug-likeness (QED) is 0.611. The number of carbonyl (C=O) groups excluding carboxylic acids is 1. The number of fused-ring (bicyclic) bond motifs is 1. The number of carbonyl (C=O) groups is 1. The van der Waals surface area contributed by atoms with Crippen molar-refractivity contribution in [2.45, 2.75) is 20.8 Å². The van der Waals surface area contributed by atoms with E-state index >= 15 is 0 Å². The van der Waals surface area contributed by atoms with E-state index in [0.29, 0.717) is 36.8 Å². The summed E-state index contributed by atoms with van der Waals surface area (Å²) in [5.41, 5.74) is 3.49. The van der Waals surface area contributed by atoms with Crippen LogP contribution in [0.5, 0.6) is 11.5 Å². The fraction of sp³-hybridized carbons (Fsp3) is 0.286. The number of rotatable bonds is 6. The molecular weight excluding hydrogens is 394 g/mol. The Balaban J connectivity index is 2.10. The molecule has 0 aromatic heterocycles. The van der Waals surface area contributed by atoms with Gasteiger partial charge in [0.25, 0.3) is 5.91 Å². The number of ether oxygens (including phenoxy) is 2. The van der Waals surface area contributed by atoms with Gasteiger partial charge in [-0.1, -0.05) is 34.1 Å². The van der Waals surface area contributed by atoms with E-state index in [1.807, 2.05) is 63.2 Å². The molecule has 0 radical (unpaired) electrons. The molecule has 5 heteroatoms. The Morgan fingerprint density at radius 3 is 2.35 bits per heavy atom. The van der Waals surface area contributed by atoms with Crippen molar-refractivity contribution in [2.24, 2.45) is 0 Å². The molecule has 26 heavy (non-hydrogen) atoms. The Morgan fingerprint density at radius 2 is 1.69 bits per heavy atom. The number of hydrogen-bond acceptors (Lipinski definition) is 3. The molecule has 1 heterocycles. The van der Waals surface area contributed by atoms with Crippen molar-refractivity contribution in [2.75, 3.05) is 24.7 Å². The molecule has 2 aromatic carbocycles. The summed E-state index contributed by atoms with van der Waals surface area (Å²) in [6.45, 7) is 7.60. The van der Waals surface area contributed by atoms with Crippen molar-refractivity contribution in [3.63, 3.8) is 0 Å². The van der Waals surface area contributed by atoms with E-state index < -0.39 is 0 Å². The second-order valence-corrected chi connectivity index (χ2v) is 6.67. The smallest absolute Gasteiger partial charge is 0.258 e. The Labute approximate surface area is 162 Å². The van der Waals surface area contributed by atoms with E-state index in [0.717, 1.165) is 21.3 Å². The molecule has 1 aliphatic rings. The lowest BCUT2D eigenvalue weighted by Crippen LogP contribution is -2.25. The van der Waals surface area contributed by atoms with E-state index in [1.54, 1.807) is 4.90 Å². The number of anilines is 1. The lowest BCUT2D eigenvalue weighted by molar-refractivity contribution is -0.112. The van der Waals surface area contributed by atoms with Crippen LogP contribution in [-0.4, -0.2) is 25.7 Å². The van der Waals surface area contributed by atoms with Gasteiger partial charge in [-0.25, -0.2) is 0 Å². The monoisotopic (exact) mass is 415 g/mol. The lowest BCUT2D eigenvalue weighted by Gasteiger charge is -2.14. The van der Waals surface area contributed by atoms with Crippen molar-refractivity contribution in [1.29, 1.82) is 0 Å². The van der Waals surface area contributed by atoms with Gasteiger partial charge in [-0.15, -0.1) is 0 Å². The second kappa shape index (κ2) is 7.96. The van der Waals surface area contributed by atoms with Gasteiger partial charge in [-0.3, -0.25) is 4.79 Å². The first kappa shape index (κ1) is 18.5. The topological polar surface area (TPSA) is 38.8 Å². The van der Waals surface area contributed by atoms with Crippen LogP contribution in [0, 0.1) is 0 Å². The Hall–Kier alpha value is -2.27. The number of halogens is 1. The molecular formula is C21H22BrNO3. The van der Waals surface area contributed by atoms with Crippen LogP contribution >= 0.6 is 15.9 Å². The molecule has 1 amide bonds. The van der Waals surface area contributed by atoms with Crippen LogP contribution in [0.3, 0.4) is 0 Å². The first-order chi connectivity index (χ1) is 12.6. The van der Waals surface area contributed by atoms with Crippen LogP contribution in [0.25, 0.3) is 11.6 Å². The Bertz CT molecular complexity index is 860. The zero-order chi connectivity index (χ0) is 18.7. The van der Waals surface area contributed by atoms with Gasteiger partial charge in [-0.2, -0.15) is 0 Å². The number of para-hydroxylation sites is 1. The predicted octanol–water partition coefficient (Wildman–Crippen LogP) is 5.15. The second-order valence-electron chi connectivity index (χ2n) is 5.81. The van der Waals surface area contributed by atoms with E-state index in [9.17, 15) is 4.79 Å². The van der Waals surface area contributed by atoms with Gasteiger partial charge in [-0.05, 0) is 50.6 Å². The fourth-order valence-electron chi connectivity index (χ4n) is 3.11. The average molecular weight is 416 g/mol. The molecule has 0 saturated heterocycles. The molecule has 0 fully saturated rings. The van der Waals surface area contributed by atoms with Crippen molar-refractivity contribution < 1.29 is 14.3 Å². The minimum Gasteiger partial charge on any atom is -0.490 e. The maximum atomic E-state index is 12.9. The van der Waals surface area contributed by atoms with Crippen molar-refractivity contribution in [3.8, 4) is 11.5 Å². The van der Waals surface area contributed by atoms with Crippen LogP contribution < -0.4 is 14.4 Å². The predicted molar refractivity (Wildman–Crippen MR) is 109 cm³/mol. The normalized spacial score (nSPS) is 14.7. The first-order valence-electron chi connectivity index (χ1n) is 8.82. The molecule has 0 saturated carbocycles. The molecule has 0 N–H and O–H groups in total. The number of nitrogens with zero attached hydrogens (tertiary/aromatic N) is 1. The van der Waals surface area contributed by atoms with E-state index in [1.165, 1.54) is 0 Å². The minimum atomic E-state index is 0.0208.